The molecule has 1 saturated heterocycles. The highest BCUT2D eigenvalue weighted by Gasteiger charge is 2.16. The first-order valence-corrected chi connectivity index (χ1v) is 7.13. The zero-order valence-electron chi connectivity index (χ0n) is 10.3. The average Bonchev–Trinajstić information content (AvgIpc) is 2.88. The van der Waals surface area contributed by atoms with Crippen molar-refractivity contribution in [1.29, 1.82) is 0 Å². The third-order valence-electron chi connectivity index (χ3n) is 3.09. The number of ether oxygens (including phenoxy) is 1. The first-order chi connectivity index (χ1) is 8.70. The van der Waals surface area contributed by atoms with Crippen LogP contribution in [-0.2, 0) is 0 Å². The van der Waals surface area contributed by atoms with E-state index in [0.717, 1.165) is 22.3 Å². The van der Waals surface area contributed by atoms with E-state index in [4.69, 9.17) is 4.74 Å². The van der Waals surface area contributed by atoms with E-state index < -0.39 is 0 Å². The smallest absolute Gasteiger partial charge is 0.252 e. The minimum atomic E-state index is -0.0178. The first kappa shape index (κ1) is 13.6. The summed E-state index contributed by atoms with van der Waals surface area (Å²) in [5.41, 5.74) is 0.703. The fourth-order valence-corrected chi connectivity index (χ4v) is 2.78. The van der Waals surface area contributed by atoms with Gasteiger partial charge in [-0.3, -0.25) is 4.79 Å². The van der Waals surface area contributed by atoms with Crippen molar-refractivity contribution in [3.05, 3.63) is 27.3 Å². The standard InChI is InChI=1S/C13H17IN2O2/c1-18-10-4-5-11(12(14)7-10)13(17)16-8-9-3-2-6-15-9/h4-5,7,9,15H,2-3,6,8H2,1H3,(H,16,17). The zero-order chi connectivity index (χ0) is 13.0. The highest BCUT2D eigenvalue weighted by Crippen LogP contribution is 2.19. The predicted molar refractivity (Wildman–Crippen MR) is 79.1 cm³/mol. The summed E-state index contributed by atoms with van der Waals surface area (Å²) < 4.78 is 6.03. The Kier molecular flexibility index (Phi) is 4.82. The van der Waals surface area contributed by atoms with Gasteiger partial charge in [0.05, 0.1) is 12.7 Å². The number of hydrogen-bond acceptors (Lipinski definition) is 3. The Bertz CT molecular complexity index is 431. The van der Waals surface area contributed by atoms with E-state index in [1.807, 2.05) is 12.1 Å². The lowest BCUT2D eigenvalue weighted by Gasteiger charge is -2.12. The molecule has 0 aliphatic carbocycles. The van der Waals surface area contributed by atoms with Gasteiger partial charge in [-0.05, 0) is 60.2 Å². The Morgan fingerprint density at radius 2 is 2.44 bits per heavy atom. The van der Waals surface area contributed by atoms with Crippen molar-refractivity contribution in [1.82, 2.24) is 10.6 Å². The lowest BCUT2D eigenvalue weighted by molar-refractivity contribution is 0.0949. The number of carbonyl (C=O) groups excluding carboxylic acids is 1. The van der Waals surface area contributed by atoms with Gasteiger partial charge in [0.25, 0.3) is 5.91 Å². The van der Waals surface area contributed by atoms with E-state index in [1.54, 1.807) is 13.2 Å². The Labute approximate surface area is 121 Å². The molecule has 1 atom stereocenters. The monoisotopic (exact) mass is 360 g/mol. The normalized spacial score (nSPS) is 18.7. The molecule has 1 amide bonds. The molecule has 0 bridgehead atoms. The first-order valence-electron chi connectivity index (χ1n) is 6.06. The number of benzene rings is 1. The second-order valence-electron chi connectivity index (χ2n) is 4.35. The van der Waals surface area contributed by atoms with Crippen molar-refractivity contribution in [3.8, 4) is 5.75 Å². The minimum Gasteiger partial charge on any atom is -0.497 e. The number of carbonyl (C=O) groups is 1. The van der Waals surface area contributed by atoms with E-state index in [0.29, 0.717) is 18.2 Å². The molecule has 2 rings (SSSR count). The molecule has 2 N–H and O–H groups in total. The second kappa shape index (κ2) is 6.38. The number of methoxy groups -OCH3 is 1. The zero-order valence-corrected chi connectivity index (χ0v) is 12.5. The third-order valence-corrected chi connectivity index (χ3v) is 3.98. The molecular formula is C13H17IN2O2. The Morgan fingerprint density at radius 1 is 1.61 bits per heavy atom. The van der Waals surface area contributed by atoms with Gasteiger partial charge < -0.3 is 15.4 Å². The van der Waals surface area contributed by atoms with Gasteiger partial charge in [-0.15, -0.1) is 0 Å². The fraction of sp³-hybridized carbons (Fsp3) is 0.462. The third kappa shape index (κ3) is 3.35. The molecule has 1 unspecified atom stereocenters. The molecule has 1 aromatic carbocycles. The molecule has 1 fully saturated rings. The number of halogens is 1. The fourth-order valence-electron chi connectivity index (χ4n) is 2.05. The van der Waals surface area contributed by atoms with Gasteiger partial charge in [0.1, 0.15) is 5.75 Å². The van der Waals surface area contributed by atoms with Gasteiger partial charge in [-0.1, -0.05) is 0 Å². The lowest BCUT2D eigenvalue weighted by Crippen LogP contribution is -2.37. The molecule has 1 heterocycles. The number of rotatable bonds is 4. The molecule has 5 heteroatoms. The Balaban J connectivity index is 1.95. The van der Waals surface area contributed by atoms with Crippen molar-refractivity contribution >= 4 is 28.5 Å². The summed E-state index contributed by atoms with van der Waals surface area (Å²) in [6, 6.07) is 5.90. The largest absolute Gasteiger partial charge is 0.497 e. The van der Waals surface area contributed by atoms with Gasteiger partial charge in [0.2, 0.25) is 0 Å². The van der Waals surface area contributed by atoms with Gasteiger partial charge in [0, 0.05) is 16.2 Å². The molecule has 0 radical (unpaired) electrons. The molecule has 0 aromatic heterocycles. The van der Waals surface area contributed by atoms with Crippen LogP contribution in [0.4, 0.5) is 0 Å². The van der Waals surface area contributed by atoms with Crippen LogP contribution >= 0.6 is 22.6 Å². The van der Waals surface area contributed by atoms with Crippen LogP contribution in [0.15, 0.2) is 18.2 Å². The summed E-state index contributed by atoms with van der Waals surface area (Å²) in [7, 11) is 1.62. The van der Waals surface area contributed by atoms with Gasteiger partial charge in [-0.2, -0.15) is 0 Å². The van der Waals surface area contributed by atoms with Crippen LogP contribution in [0.1, 0.15) is 23.2 Å². The van der Waals surface area contributed by atoms with E-state index in [-0.39, 0.29) is 5.91 Å². The average molecular weight is 360 g/mol. The van der Waals surface area contributed by atoms with Crippen LogP contribution in [0.25, 0.3) is 0 Å². The van der Waals surface area contributed by atoms with Crippen LogP contribution in [0.3, 0.4) is 0 Å². The molecule has 0 saturated carbocycles. The molecule has 0 spiro atoms. The van der Waals surface area contributed by atoms with Gasteiger partial charge in [0.15, 0.2) is 0 Å². The quantitative estimate of drug-likeness (QED) is 0.805. The number of amides is 1. The SMILES string of the molecule is COc1ccc(C(=O)NCC2CCCN2)c(I)c1. The van der Waals surface area contributed by atoms with E-state index >= 15 is 0 Å². The minimum absolute atomic E-state index is 0.0178. The summed E-state index contributed by atoms with van der Waals surface area (Å²) in [6.07, 6.45) is 2.33. The lowest BCUT2D eigenvalue weighted by atomic mass is 10.2. The van der Waals surface area contributed by atoms with Crippen LogP contribution in [0.2, 0.25) is 0 Å². The maximum absolute atomic E-state index is 12.0. The van der Waals surface area contributed by atoms with Crippen molar-refractivity contribution in [2.75, 3.05) is 20.2 Å². The van der Waals surface area contributed by atoms with E-state index in [9.17, 15) is 4.79 Å². The van der Waals surface area contributed by atoms with Gasteiger partial charge >= 0.3 is 0 Å². The summed E-state index contributed by atoms with van der Waals surface area (Å²) in [5.74, 6) is 0.754. The van der Waals surface area contributed by atoms with Crippen molar-refractivity contribution in [2.45, 2.75) is 18.9 Å². The van der Waals surface area contributed by atoms with Crippen LogP contribution in [0, 0.1) is 3.57 Å². The highest BCUT2D eigenvalue weighted by atomic mass is 127. The topological polar surface area (TPSA) is 50.4 Å². The Hall–Kier alpha value is -0.820. The van der Waals surface area contributed by atoms with Crippen molar-refractivity contribution < 1.29 is 9.53 Å². The van der Waals surface area contributed by atoms with Crippen molar-refractivity contribution in [3.63, 3.8) is 0 Å². The number of hydrogen-bond donors (Lipinski definition) is 2. The molecule has 1 aliphatic rings. The van der Waals surface area contributed by atoms with Crippen LogP contribution in [0.5, 0.6) is 5.75 Å². The van der Waals surface area contributed by atoms with Crippen molar-refractivity contribution in [2.24, 2.45) is 0 Å². The van der Waals surface area contributed by atoms with Gasteiger partial charge in [-0.25, -0.2) is 0 Å². The molecule has 1 aromatic rings. The van der Waals surface area contributed by atoms with E-state index in [1.165, 1.54) is 6.42 Å². The maximum Gasteiger partial charge on any atom is 0.252 e. The molecule has 18 heavy (non-hydrogen) atoms. The van der Waals surface area contributed by atoms with E-state index in [2.05, 4.69) is 33.2 Å². The maximum atomic E-state index is 12.0. The Morgan fingerprint density at radius 3 is 3.06 bits per heavy atom. The molecular weight excluding hydrogens is 343 g/mol. The van der Waals surface area contributed by atoms with Crippen LogP contribution < -0.4 is 15.4 Å². The summed E-state index contributed by atoms with van der Waals surface area (Å²) in [5, 5.41) is 6.33. The molecule has 98 valence electrons. The van der Waals surface area contributed by atoms with Crippen LogP contribution in [-0.4, -0.2) is 32.1 Å². The predicted octanol–water partition coefficient (Wildman–Crippen LogP) is 1.78. The number of nitrogens with one attached hydrogen (secondary N) is 2. The molecule has 4 nitrogen and oxygen atoms in total. The molecule has 1 aliphatic heterocycles. The summed E-state index contributed by atoms with van der Waals surface area (Å²) >= 11 is 2.16. The second-order valence-corrected chi connectivity index (χ2v) is 5.51. The summed E-state index contributed by atoms with van der Waals surface area (Å²) in [6.45, 7) is 1.75. The summed E-state index contributed by atoms with van der Waals surface area (Å²) in [4.78, 5) is 12.0. The highest BCUT2D eigenvalue weighted by molar-refractivity contribution is 14.1.